The molecule has 3 N–H and O–H groups in total. The number of phenolic OH excluding ortho intramolecular Hbond substituents is 1. The van der Waals surface area contributed by atoms with Crippen molar-refractivity contribution in [3.8, 4) is 17.2 Å². The van der Waals surface area contributed by atoms with Gasteiger partial charge in [0.25, 0.3) is 0 Å². The zero-order valence-electron chi connectivity index (χ0n) is 19.5. The zero-order valence-corrected chi connectivity index (χ0v) is 19.5. The largest absolute Gasteiger partial charge is 0.508 e. The summed E-state index contributed by atoms with van der Waals surface area (Å²) in [4.78, 5) is 11.5. The summed E-state index contributed by atoms with van der Waals surface area (Å²) in [5.74, 6) is 1.03. The molecule has 0 amide bonds. The number of hydrogen-bond donors (Lipinski definition) is 3. The summed E-state index contributed by atoms with van der Waals surface area (Å²) < 4.78 is 16.4. The molecule has 0 atom stereocenters. The molecule has 0 fully saturated rings. The Morgan fingerprint density at radius 2 is 1.59 bits per heavy atom. The number of aliphatic hydroxyl groups excluding tert-OH is 1. The second-order valence-electron chi connectivity index (χ2n) is 7.16. The van der Waals surface area contributed by atoms with Gasteiger partial charge in [0, 0.05) is 19.6 Å². The summed E-state index contributed by atoms with van der Waals surface area (Å²) >= 11 is 0. The van der Waals surface area contributed by atoms with Crippen molar-refractivity contribution < 1.29 is 29.2 Å². The molecule has 0 spiro atoms. The zero-order chi connectivity index (χ0) is 24.8. The van der Waals surface area contributed by atoms with Crippen LogP contribution in [0.4, 0.5) is 0 Å². The third kappa shape index (κ3) is 8.60. The van der Waals surface area contributed by atoms with E-state index in [4.69, 9.17) is 24.7 Å². The molecule has 7 heteroatoms. The molecule has 0 bridgehead atoms. The number of hydrogen-bond acceptors (Lipinski definition) is 7. The van der Waals surface area contributed by atoms with E-state index in [2.05, 4.69) is 0 Å². The lowest BCUT2D eigenvalue weighted by atomic mass is 10.1. The van der Waals surface area contributed by atoms with Crippen LogP contribution in [0, 0.1) is 5.41 Å². The minimum absolute atomic E-state index is 0.0939. The minimum atomic E-state index is -0.281. The monoisotopic (exact) mass is 465 g/mol. The first-order chi connectivity index (χ1) is 16.5. The third-order valence-electron chi connectivity index (χ3n) is 4.79. The maximum atomic E-state index is 11.5. The van der Waals surface area contributed by atoms with Gasteiger partial charge in [-0.1, -0.05) is 48.5 Å². The van der Waals surface area contributed by atoms with Gasteiger partial charge in [0.05, 0.1) is 12.3 Å². The van der Waals surface area contributed by atoms with Crippen molar-refractivity contribution in [3.05, 3.63) is 89.5 Å². The van der Waals surface area contributed by atoms with E-state index in [0.29, 0.717) is 42.4 Å². The van der Waals surface area contributed by atoms with Crippen molar-refractivity contribution in [2.45, 2.75) is 26.4 Å². The van der Waals surface area contributed by atoms with Crippen molar-refractivity contribution in [2.75, 3.05) is 20.3 Å². The average Bonchev–Trinajstić information content (AvgIpc) is 2.88. The van der Waals surface area contributed by atoms with Crippen molar-refractivity contribution in [1.29, 1.82) is 5.41 Å². The Hall–Kier alpha value is -3.84. The standard InChI is InChI=1S/C26H27NO5.CH4O/c1-2-30-26(29)15-11-21-10-14-23(16-25(21)28)31-17-19-8-12-22(13-9-19)32-18-24(27)20-6-4-3-5-7-20;1-2/h3-10,12-14,16,27-28H,2,11,15,17-18H2,1H3;2H,1H3. The lowest BCUT2D eigenvalue weighted by molar-refractivity contribution is -0.143. The number of phenols is 1. The van der Waals surface area contributed by atoms with Gasteiger partial charge in [0.2, 0.25) is 0 Å². The Balaban J connectivity index is 0.00000199. The lowest BCUT2D eigenvalue weighted by Crippen LogP contribution is -2.11. The number of aromatic hydroxyl groups is 1. The molecule has 3 rings (SSSR count). The van der Waals surface area contributed by atoms with Crippen LogP contribution in [0.3, 0.4) is 0 Å². The number of esters is 1. The van der Waals surface area contributed by atoms with Crippen LogP contribution in [-0.2, 0) is 22.6 Å². The number of aryl methyl sites for hydroxylation is 1. The van der Waals surface area contributed by atoms with Gasteiger partial charge < -0.3 is 29.8 Å². The van der Waals surface area contributed by atoms with Crippen LogP contribution in [0.2, 0.25) is 0 Å². The van der Waals surface area contributed by atoms with E-state index in [1.54, 1.807) is 25.1 Å². The van der Waals surface area contributed by atoms with Gasteiger partial charge in [-0.2, -0.15) is 0 Å². The summed E-state index contributed by atoms with van der Waals surface area (Å²) in [7, 11) is 1.00. The van der Waals surface area contributed by atoms with Gasteiger partial charge in [0.15, 0.2) is 0 Å². The van der Waals surface area contributed by atoms with Crippen molar-refractivity contribution in [3.63, 3.8) is 0 Å². The Morgan fingerprint density at radius 3 is 2.24 bits per heavy atom. The summed E-state index contributed by atoms with van der Waals surface area (Å²) in [6.07, 6.45) is 0.634. The Labute approximate surface area is 200 Å². The molecule has 180 valence electrons. The quantitative estimate of drug-likeness (QED) is 0.284. The van der Waals surface area contributed by atoms with E-state index >= 15 is 0 Å². The molecule has 0 saturated heterocycles. The van der Waals surface area contributed by atoms with Gasteiger partial charge in [-0.3, -0.25) is 4.79 Å². The van der Waals surface area contributed by atoms with E-state index in [1.807, 2.05) is 54.6 Å². The fraction of sp³-hybridized carbons (Fsp3) is 0.259. The molecule has 0 unspecified atom stereocenters. The molecule has 3 aromatic rings. The van der Waals surface area contributed by atoms with Crippen LogP contribution in [0.5, 0.6) is 17.2 Å². The minimum Gasteiger partial charge on any atom is -0.508 e. The number of rotatable bonds is 11. The highest BCUT2D eigenvalue weighted by atomic mass is 16.5. The summed E-state index contributed by atoms with van der Waals surface area (Å²) in [6.45, 7) is 2.64. The van der Waals surface area contributed by atoms with Crippen LogP contribution in [0.25, 0.3) is 0 Å². The molecule has 0 saturated carbocycles. The van der Waals surface area contributed by atoms with Crippen molar-refractivity contribution in [1.82, 2.24) is 0 Å². The first-order valence-corrected chi connectivity index (χ1v) is 10.9. The molecule has 0 heterocycles. The van der Waals surface area contributed by atoms with E-state index in [9.17, 15) is 9.90 Å². The number of carbonyl (C=O) groups excluding carboxylic acids is 1. The second-order valence-corrected chi connectivity index (χ2v) is 7.16. The Morgan fingerprint density at radius 1 is 0.912 bits per heavy atom. The van der Waals surface area contributed by atoms with Crippen LogP contribution in [-0.4, -0.2) is 42.2 Å². The predicted octanol–water partition coefficient (Wildman–Crippen LogP) is 4.52. The van der Waals surface area contributed by atoms with Gasteiger partial charge in [0.1, 0.15) is 30.5 Å². The van der Waals surface area contributed by atoms with Crippen LogP contribution >= 0.6 is 0 Å². The van der Waals surface area contributed by atoms with Crippen LogP contribution in [0.1, 0.15) is 30.0 Å². The molecule has 34 heavy (non-hydrogen) atoms. The number of nitrogens with one attached hydrogen (secondary N) is 1. The summed E-state index contributed by atoms with van der Waals surface area (Å²) in [5.41, 5.74) is 2.88. The average molecular weight is 466 g/mol. The maximum Gasteiger partial charge on any atom is 0.306 e. The normalized spacial score (nSPS) is 9.97. The molecular formula is C27H31NO6. The molecule has 7 nitrogen and oxygen atoms in total. The first kappa shape index (κ1) is 26.4. The molecule has 3 aromatic carbocycles. The van der Waals surface area contributed by atoms with Gasteiger partial charge in [-0.05, 0) is 48.2 Å². The summed E-state index contributed by atoms with van der Waals surface area (Å²) in [5, 5.41) is 25.3. The van der Waals surface area contributed by atoms with E-state index in [-0.39, 0.29) is 24.7 Å². The van der Waals surface area contributed by atoms with E-state index in [1.165, 1.54) is 0 Å². The highest BCUT2D eigenvalue weighted by Crippen LogP contribution is 2.25. The highest BCUT2D eigenvalue weighted by molar-refractivity contribution is 5.99. The fourth-order valence-corrected chi connectivity index (χ4v) is 3.04. The molecule has 0 aliphatic carbocycles. The number of ether oxygens (including phenoxy) is 3. The third-order valence-corrected chi connectivity index (χ3v) is 4.79. The van der Waals surface area contributed by atoms with E-state index < -0.39 is 0 Å². The molecule has 0 aromatic heterocycles. The first-order valence-electron chi connectivity index (χ1n) is 10.9. The van der Waals surface area contributed by atoms with Crippen molar-refractivity contribution in [2.24, 2.45) is 0 Å². The predicted molar refractivity (Wildman–Crippen MR) is 131 cm³/mol. The van der Waals surface area contributed by atoms with Gasteiger partial charge in [-0.15, -0.1) is 0 Å². The molecule has 0 radical (unpaired) electrons. The number of aliphatic hydroxyl groups is 1. The van der Waals surface area contributed by atoms with Crippen molar-refractivity contribution >= 4 is 11.7 Å². The Kier molecular flexibility index (Phi) is 11.1. The second kappa shape index (κ2) is 14.3. The Bertz CT molecular complexity index is 1030. The van der Waals surface area contributed by atoms with E-state index in [0.717, 1.165) is 18.2 Å². The fourth-order valence-electron chi connectivity index (χ4n) is 3.04. The van der Waals surface area contributed by atoms with Crippen LogP contribution < -0.4 is 9.47 Å². The SMILES string of the molecule is CCOC(=O)CCc1ccc(OCc2ccc(OCC(=N)c3ccccc3)cc2)cc1O.CO. The molecule has 0 aliphatic heterocycles. The molecular weight excluding hydrogens is 434 g/mol. The smallest absolute Gasteiger partial charge is 0.306 e. The topological polar surface area (TPSA) is 109 Å². The highest BCUT2D eigenvalue weighted by Gasteiger charge is 2.08. The van der Waals surface area contributed by atoms with Gasteiger partial charge in [-0.25, -0.2) is 0 Å². The van der Waals surface area contributed by atoms with Gasteiger partial charge >= 0.3 is 5.97 Å². The van der Waals surface area contributed by atoms with Crippen LogP contribution in [0.15, 0.2) is 72.8 Å². The maximum absolute atomic E-state index is 11.5. The number of carbonyl (C=O) groups is 1. The lowest BCUT2D eigenvalue weighted by Gasteiger charge is -2.11. The number of benzene rings is 3. The molecule has 0 aliphatic rings. The summed E-state index contributed by atoms with van der Waals surface area (Å²) in [6, 6.07) is 22.0.